The van der Waals surface area contributed by atoms with Gasteiger partial charge in [-0.15, -0.1) is 0 Å². The number of nitrogens with zero attached hydrogens (tertiary/aromatic N) is 1. The number of halogens is 4. The number of carboxylic acid groups (broad SMARTS) is 1. The third kappa shape index (κ3) is 6.08. The number of aromatic nitrogens is 1. The van der Waals surface area contributed by atoms with Crippen LogP contribution in [0.3, 0.4) is 0 Å². The predicted molar refractivity (Wildman–Crippen MR) is 84.3 cm³/mol. The maximum Gasteiger partial charge on any atom is 0.417 e. The number of carbonyl (C=O) groups excluding carboxylic acids is 1. The molecule has 1 fully saturated rings. The minimum absolute atomic E-state index is 0.0234. The summed E-state index contributed by atoms with van der Waals surface area (Å²) >= 11 is 5.74. The lowest BCUT2D eigenvalue weighted by atomic mass is 10.1. The Balaban J connectivity index is 1.81. The third-order valence-corrected chi connectivity index (χ3v) is 4.00. The molecule has 2 rings (SSSR count). The first-order chi connectivity index (χ1) is 11.7. The number of alkyl halides is 3. The standard InChI is InChI=1S/C15H17ClF3N3O3/c16-10-6-9(15(17,18)19)7-21-13(10)20-4-3-12(23)22-11(14(24)25)5-8-1-2-8/h6-8,11H,1-5H2,(H,20,21)(H,22,23)(H,24,25). The van der Waals surface area contributed by atoms with Crippen LogP contribution < -0.4 is 10.6 Å². The number of carboxylic acids is 1. The van der Waals surface area contributed by atoms with Gasteiger partial charge in [-0.1, -0.05) is 24.4 Å². The van der Waals surface area contributed by atoms with Gasteiger partial charge < -0.3 is 15.7 Å². The number of nitrogens with one attached hydrogen (secondary N) is 2. The van der Waals surface area contributed by atoms with Gasteiger partial charge in [-0.2, -0.15) is 13.2 Å². The molecule has 0 bridgehead atoms. The highest BCUT2D eigenvalue weighted by Crippen LogP contribution is 2.34. The first-order valence-electron chi connectivity index (χ1n) is 7.65. The summed E-state index contributed by atoms with van der Waals surface area (Å²) in [5, 5.41) is 14.0. The molecule has 1 aliphatic rings. The minimum Gasteiger partial charge on any atom is -0.480 e. The molecule has 1 aromatic rings. The highest BCUT2D eigenvalue weighted by atomic mass is 35.5. The molecule has 6 nitrogen and oxygen atoms in total. The van der Waals surface area contributed by atoms with Gasteiger partial charge in [0.05, 0.1) is 10.6 Å². The van der Waals surface area contributed by atoms with Crippen LogP contribution in [0, 0.1) is 5.92 Å². The first-order valence-corrected chi connectivity index (χ1v) is 8.03. The number of anilines is 1. The van der Waals surface area contributed by atoms with Gasteiger partial charge in [0.1, 0.15) is 11.9 Å². The number of amides is 1. The summed E-state index contributed by atoms with van der Waals surface area (Å²) in [5.41, 5.74) is -0.967. The Bertz CT molecular complexity index is 651. The Kier molecular flexibility index (Phi) is 6.10. The molecule has 1 saturated carbocycles. The van der Waals surface area contributed by atoms with Crippen molar-refractivity contribution in [2.75, 3.05) is 11.9 Å². The highest BCUT2D eigenvalue weighted by Gasteiger charge is 2.32. The van der Waals surface area contributed by atoms with Crippen molar-refractivity contribution in [3.8, 4) is 0 Å². The van der Waals surface area contributed by atoms with Crippen molar-refractivity contribution in [2.45, 2.75) is 37.9 Å². The molecule has 1 amide bonds. The van der Waals surface area contributed by atoms with Crippen molar-refractivity contribution in [1.29, 1.82) is 0 Å². The molecule has 0 saturated heterocycles. The van der Waals surface area contributed by atoms with Crippen LogP contribution in [0.2, 0.25) is 5.02 Å². The van der Waals surface area contributed by atoms with Crippen molar-refractivity contribution in [3.05, 3.63) is 22.8 Å². The van der Waals surface area contributed by atoms with E-state index in [0.29, 0.717) is 18.5 Å². The van der Waals surface area contributed by atoms with Gasteiger partial charge in [-0.25, -0.2) is 9.78 Å². The van der Waals surface area contributed by atoms with E-state index in [0.717, 1.165) is 18.9 Å². The van der Waals surface area contributed by atoms with Gasteiger partial charge >= 0.3 is 12.1 Å². The summed E-state index contributed by atoms with van der Waals surface area (Å²) in [6, 6.07) is -0.180. The lowest BCUT2D eigenvalue weighted by Crippen LogP contribution is -2.41. The first kappa shape index (κ1) is 19.3. The highest BCUT2D eigenvalue weighted by molar-refractivity contribution is 6.32. The predicted octanol–water partition coefficient (Wildman–Crippen LogP) is 2.93. The fraction of sp³-hybridized carbons (Fsp3) is 0.533. The van der Waals surface area contributed by atoms with E-state index in [1.54, 1.807) is 0 Å². The van der Waals surface area contributed by atoms with Crippen LogP contribution in [0.4, 0.5) is 19.0 Å². The summed E-state index contributed by atoms with van der Waals surface area (Å²) in [6.45, 7) is 0.0552. The Morgan fingerprint density at radius 2 is 2.08 bits per heavy atom. The van der Waals surface area contributed by atoms with Gasteiger partial charge in [0.15, 0.2) is 0 Å². The number of carbonyl (C=O) groups is 2. The van der Waals surface area contributed by atoms with E-state index >= 15 is 0 Å². The summed E-state index contributed by atoms with van der Waals surface area (Å²) in [6.07, 6.45) is -1.61. The van der Waals surface area contributed by atoms with Gasteiger partial charge in [-0.3, -0.25) is 4.79 Å². The monoisotopic (exact) mass is 379 g/mol. The van der Waals surface area contributed by atoms with Crippen LogP contribution in [0.25, 0.3) is 0 Å². The van der Waals surface area contributed by atoms with E-state index in [2.05, 4.69) is 15.6 Å². The zero-order valence-corrected chi connectivity index (χ0v) is 13.8. The normalized spacial score (nSPS) is 15.5. The molecule has 1 unspecified atom stereocenters. The second kappa shape index (κ2) is 7.90. The molecule has 1 aromatic heterocycles. The fourth-order valence-electron chi connectivity index (χ4n) is 2.19. The second-order valence-electron chi connectivity index (χ2n) is 5.87. The molecule has 1 atom stereocenters. The molecule has 1 heterocycles. The van der Waals surface area contributed by atoms with Crippen molar-refractivity contribution in [1.82, 2.24) is 10.3 Å². The molecule has 25 heavy (non-hydrogen) atoms. The molecule has 138 valence electrons. The van der Waals surface area contributed by atoms with E-state index in [4.69, 9.17) is 16.7 Å². The topological polar surface area (TPSA) is 91.3 Å². The molecule has 3 N–H and O–H groups in total. The van der Waals surface area contributed by atoms with Crippen LogP contribution in [0.1, 0.15) is 31.2 Å². The molecule has 1 aliphatic carbocycles. The van der Waals surface area contributed by atoms with Crippen LogP contribution in [0.5, 0.6) is 0 Å². The van der Waals surface area contributed by atoms with E-state index in [9.17, 15) is 22.8 Å². The van der Waals surface area contributed by atoms with Gasteiger partial charge in [0.2, 0.25) is 5.91 Å². The van der Waals surface area contributed by atoms with Gasteiger partial charge in [-0.05, 0) is 18.4 Å². The number of aliphatic carboxylic acids is 1. The van der Waals surface area contributed by atoms with Crippen molar-refractivity contribution in [3.63, 3.8) is 0 Å². The number of rotatable bonds is 8. The minimum atomic E-state index is -4.54. The van der Waals surface area contributed by atoms with E-state index in [1.807, 2.05) is 0 Å². The Morgan fingerprint density at radius 3 is 2.60 bits per heavy atom. The molecule has 0 aliphatic heterocycles. The third-order valence-electron chi connectivity index (χ3n) is 3.71. The second-order valence-corrected chi connectivity index (χ2v) is 6.27. The Labute approximate surface area is 146 Å². The van der Waals surface area contributed by atoms with Crippen LogP contribution in [0.15, 0.2) is 12.3 Å². The molecule has 10 heteroatoms. The quantitative estimate of drug-likeness (QED) is 0.646. The average molecular weight is 380 g/mol. The zero-order valence-electron chi connectivity index (χ0n) is 13.1. The molecular formula is C15H17ClF3N3O3. The summed E-state index contributed by atoms with van der Waals surface area (Å²) in [7, 11) is 0. The number of hydrogen-bond acceptors (Lipinski definition) is 4. The van der Waals surface area contributed by atoms with Crippen LogP contribution >= 0.6 is 11.6 Å². The smallest absolute Gasteiger partial charge is 0.417 e. The number of pyridine rings is 1. The van der Waals surface area contributed by atoms with Crippen molar-refractivity contribution < 1.29 is 27.9 Å². The average Bonchev–Trinajstić information content (AvgIpc) is 3.31. The lowest BCUT2D eigenvalue weighted by molar-refractivity contribution is -0.142. The Hall–Kier alpha value is -2.03. The summed E-state index contributed by atoms with van der Waals surface area (Å²) in [5.74, 6) is -1.19. The summed E-state index contributed by atoms with van der Waals surface area (Å²) in [4.78, 5) is 26.5. The lowest BCUT2D eigenvalue weighted by Gasteiger charge is -2.14. The van der Waals surface area contributed by atoms with Gasteiger partial charge in [0, 0.05) is 19.2 Å². The molecular weight excluding hydrogens is 363 g/mol. The van der Waals surface area contributed by atoms with E-state index in [-0.39, 0.29) is 23.8 Å². The fourth-order valence-corrected chi connectivity index (χ4v) is 2.43. The van der Waals surface area contributed by atoms with E-state index in [1.165, 1.54) is 0 Å². The van der Waals surface area contributed by atoms with Crippen molar-refractivity contribution >= 4 is 29.3 Å². The van der Waals surface area contributed by atoms with E-state index < -0.39 is 29.7 Å². The maximum atomic E-state index is 12.5. The number of hydrogen-bond donors (Lipinski definition) is 3. The van der Waals surface area contributed by atoms with Crippen LogP contribution in [-0.2, 0) is 15.8 Å². The molecule has 0 radical (unpaired) electrons. The maximum absolute atomic E-state index is 12.5. The molecule has 0 spiro atoms. The van der Waals surface area contributed by atoms with Crippen molar-refractivity contribution in [2.24, 2.45) is 5.92 Å². The SMILES string of the molecule is O=C(CCNc1ncc(C(F)(F)F)cc1Cl)NC(CC1CC1)C(=O)O. The van der Waals surface area contributed by atoms with Crippen LogP contribution in [-0.4, -0.2) is 34.6 Å². The summed E-state index contributed by atoms with van der Waals surface area (Å²) < 4.78 is 37.6. The largest absolute Gasteiger partial charge is 0.480 e. The molecule has 0 aromatic carbocycles. The van der Waals surface area contributed by atoms with Gasteiger partial charge in [0.25, 0.3) is 0 Å². The zero-order chi connectivity index (χ0) is 18.6. The Morgan fingerprint density at radius 1 is 1.40 bits per heavy atom.